The molecule has 4 heteroatoms. The van der Waals surface area contributed by atoms with Crippen molar-refractivity contribution in [3.8, 4) is 0 Å². The molecule has 0 aliphatic carbocycles. The summed E-state index contributed by atoms with van der Waals surface area (Å²) in [6, 6.07) is 8.41. The van der Waals surface area contributed by atoms with Gasteiger partial charge in [-0.2, -0.15) is 0 Å². The fourth-order valence-corrected chi connectivity index (χ4v) is 3.21. The second-order valence-corrected chi connectivity index (χ2v) is 5.92. The maximum Gasteiger partial charge on any atom is 0.105 e. The lowest BCUT2D eigenvalue weighted by Crippen LogP contribution is -2.18. The van der Waals surface area contributed by atoms with Crippen LogP contribution in [-0.4, -0.2) is 11.0 Å². The Labute approximate surface area is 104 Å². The molecular formula is C12H14N2S2. The minimum atomic E-state index is 0.173. The van der Waals surface area contributed by atoms with Crippen LogP contribution in [0.1, 0.15) is 12.5 Å². The molecule has 0 saturated heterocycles. The molecule has 0 radical (unpaired) electrons. The van der Waals surface area contributed by atoms with E-state index in [9.17, 15) is 0 Å². The molecule has 0 aliphatic rings. The van der Waals surface area contributed by atoms with Crippen molar-refractivity contribution < 1.29 is 0 Å². The summed E-state index contributed by atoms with van der Waals surface area (Å²) in [7, 11) is 0. The van der Waals surface area contributed by atoms with Crippen molar-refractivity contribution in [2.24, 2.45) is 5.73 Å². The topological polar surface area (TPSA) is 38.9 Å². The molecule has 2 rings (SSSR count). The summed E-state index contributed by atoms with van der Waals surface area (Å²) in [5.41, 5.74) is 7.06. The van der Waals surface area contributed by atoms with Gasteiger partial charge in [-0.3, -0.25) is 0 Å². The lowest BCUT2D eigenvalue weighted by molar-refractivity contribution is 0.722. The summed E-state index contributed by atoms with van der Waals surface area (Å²) in [6.07, 6.45) is 2.71. The molecule has 2 aromatic rings. The van der Waals surface area contributed by atoms with Crippen LogP contribution in [0.4, 0.5) is 0 Å². The Hall–Kier alpha value is -0.840. The lowest BCUT2D eigenvalue weighted by Gasteiger charge is -2.08. The lowest BCUT2D eigenvalue weighted by atomic mass is 10.1. The van der Waals surface area contributed by atoms with Gasteiger partial charge in [0.1, 0.15) is 5.03 Å². The first-order valence-electron chi connectivity index (χ1n) is 5.16. The molecule has 0 amide bonds. The number of hydrogen-bond acceptors (Lipinski definition) is 4. The van der Waals surface area contributed by atoms with Gasteiger partial charge < -0.3 is 5.73 Å². The van der Waals surface area contributed by atoms with Crippen molar-refractivity contribution in [1.29, 1.82) is 0 Å². The highest BCUT2D eigenvalue weighted by Crippen LogP contribution is 2.32. The van der Waals surface area contributed by atoms with E-state index < -0.39 is 0 Å². The van der Waals surface area contributed by atoms with Crippen LogP contribution in [-0.2, 0) is 6.42 Å². The Morgan fingerprint density at radius 2 is 2.31 bits per heavy atom. The second-order valence-electron chi connectivity index (χ2n) is 3.68. The Bertz CT molecular complexity index is 438. The van der Waals surface area contributed by atoms with E-state index in [0.29, 0.717) is 0 Å². The number of rotatable bonds is 4. The largest absolute Gasteiger partial charge is 0.328 e. The summed E-state index contributed by atoms with van der Waals surface area (Å²) in [6.45, 7) is 2.02. The third kappa shape index (κ3) is 3.07. The number of hydrogen-bond donors (Lipinski definition) is 1. The first-order chi connectivity index (χ1) is 7.75. The monoisotopic (exact) mass is 250 g/mol. The number of nitrogens with two attached hydrogens (primary N) is 1. The van der Waals surface area contributed by atoms with Crippen LogP contribution in [0.25, 0.3) is 0 Å². The summed E-state index contributed by atoms with van der Waals surface area (Å²) in [5.74, 6) is 0. The molecule has 0 aromatic carbocycles. The Morgan fingerprint density at radius 1 is 1.44 bits per heavy atom. The Morgan fingerprint density at radius 3 is 3.00 bits per heavy atom. The molecular weight excluding hydrogens is 236 g/mol. The average molecular weight is 250 g/mol. The third-order valence-electron chi connectivity index (χ3n) is 2.08. The van der Waals surface area contributed by atoms with E-state index in [0.717, 1.165) is 11.4 Å². The minimum Gasteiger partial charge on any atom is -0.328 e. The van der Waals surface area contributed by atoms with Crippen molar-refractivity contribution in [2.75, 3.05) is 0 Å². The van der Waals surface area contributed by atoms with E-state index in [1.807, 2.05) is 19.2 Å². The summed E-state index contributed by atoms with van der Waals surface area (Å²) < 4.78 is 1.27. The van der Waals surface area contributed by atoms with E-state index in [2.05, 4.69) is 28.6 Å². The SMILES string of the molecule is CC(N)Cc1cccnc1Sc1cccs1. The van der Waals surface area contributed by atoms with E-state index in [4.69, 9.17) is 5.73 Å². The zero-order valence-electron chi connectivity index (χ0n) is 9.09. The van der Waals surface area contributed by atoms with Crippen LogP contribution in [0.15, 0.2) is 45.1 Å². The van der Waals surface area contributed by atoms with E-state index in [1.165, 1.54) is 9.77 Å². The Kier molecular flexibility index (Phi) is 3.98. The molecule has 1 unspecified atom stereocenters. The van der Waals surface area contributed by atoms with Gasteiger partial charge in [-0.1, -0.05) is 23.9 Å². The Balaban J connectivity index is 2.19. The normalized spacial score (nSPS) is 12.6. The van der Waals surface area contributed by atoms with Crippen LogP contribution in [0.3, 0.4) is 0 Å². The molecule has 0 saturated carbocycles. The standard InChI is InChI=1S/C12H14N2S2/c1-9(13)8-10-4-2-6-14-12(10)16-11-5-3-7-15-11/h2-7,9H,8,13H2,1H3. The smallest absolute Gasteiger partial charge is 0.105 e. The van der Waals surface area contributed by atoms with Gasteiger partial charge in [-0.25, -0.2) is 4.98 Å². The van der Waals surface area contributed by atoms with Gasteiger partial charge in [-0.15, -0.1) is 11.3 Å². The number of aromatic nitrogens is 1. The molecule has 0 spiro atoms. The number of thiophene rings is 1. The predicted molar refractivity (Wildman–Crippen MR) is 70.0 cm³/mol. The van der Waals surface area contributed by atoms with Crippen LogP contribution >= 0.6 is 23.1 Å². The zero-order chi connectivity index (χ0) is 11.4. The van der Waals surface area contributed by atoms with E-state index in [1.54, 1.807) is 23.1 Å². The van der Waals surface area contributed by atoms with Crippen LogP contribution in [0, 0.1) is 0 Å². The molecule has 0 aliphatic heterocycles. The quantitative estimate of drug-likeness (QED) is 0.905. The highest BCUT2D eigenvalue weighted by Gasteiger charge is 2.07. The van der Waals surface area contributed by atoms with Crippen LogP contribution in [0.5, 0.6) is 0 Å². The third-order valence-corrected chi connectivity index (χ3v) is 4.18. The highest BCUT2D eigenvalue weighted by molar-refractivity contribution is 8.01. The molecule has 0 fully saturated rings. The van der Waals surface area contributed by atoms with Crippen molar-refractivity contribution in [1.82, 2.24) is 4.98 Å². The number of pyridine rings is 1. The van der Waals surface area contributed by atoms with Gasteiger partial charge in [0.05, 0.1) is 4.21 Å². The molecule has 16 heavy (non-hydrogen) atoms. The van der Waals surface area contributed by atoms with Crippen molar-refractivity contribution in [3.05, 3.63) is 41.4 Å². The summed E-state index contributed by atoms with van der Waals surface area (Å²) in [4.78, 5) is 4.42. The first kappa shape index (κ1) is 11.6. The second kappa shape index (κ2) is 5.48. The van der Waals surface area contributed by atoms with Crippen LogP contribution < -0.4 is 5.73 Å². The molecule has 0 bridgehead atoms. The van der Waals surface area contributed by atoms with E-state index in [-0.39, 0.29) is 6.04 Å². The van der Waals surface area contributed by atoms with Gasteiger partial charge in [0, 0.05) is 12.2 Å². The predicted octanol–water partition coefficient (Wildman–Crippen LogP) is 3.18. The van der Waals surface area contributed by atoms with Crippen molar-refractivity contribution in [3.63, 3.8) is 0 Å². The van der Waals surface area contributed by atoms with Crippen molar-refractivity contribution in [2.45, 2.75) is 28.6 Å². The maximum atomic E-state index is 5.83. The number of nitrogens with zero attached hydrogens (tertiary/aromatic N) is 1. The summed E-state index contributed by atoms with van der Waals surface area (Å²) in [5, 5.41) is 3.15. The van der Waals surface area contributed by atoms with Gasteiger partial charge in [-0.05, 0) is 36.4 Å². The summed E-state index contributed by atoms with van der Waals surface area (Å²) >= 11 is 3.45. The molecule has 84 valence electrons. The molecule has 2 N–H and O–H groups in total. The molecule has 1 atom stereocenters. The zero-order valence-corrected chi connectivity index (χ0v) is 10.7. The van der Waals surface area contributed by atoms with Gasteiger partial charge in [0.15, 0.2) is 0 Å². The molecule has 2 nitrogen and oxygen atoms in total. The molecule has 2 heterocycles. The minimum absolute atomic E-state index is 0.173. The fourth-order valence-electron chi connectivity index (χ4n) is 1.44. The maximum absolute atomic E-state index is 5.83. The highest BCUT2D eigenvalue weighted by atomic mass is 32.2. The van der Waals surface area contributed by atoms with Gasteiger partial charge in [0.2, 0.25) is 0 Å². The van der Waals surface area contributed by atoms with Crippen molar-refractivity contribution >= 4 is 23.1 Å². The van der Waals surface area contributed by atoms with E-state index >= 15 is 0 Å². The van der Waals surface area contributed by atoms with Crippen LogP contribution in [0.2, 0.25) is 0 Å². The van der Waals surface area contributed by atoms with Gasteiger partial charge >= 0.3 is 0 Å². The molecule has 2 aromatic heterocycles. The first-order valence-corrected chi connectivity index (χ1v) is 6.86. The van der Waals surface area contributed by atoms with Gasteiger partial charge in [0.25, 0.3) is 0 Å². The average Bonchev–Trinajstić information content (AvgIpc) is 2.73. The fraction of sp³-hybridized carbons (Fsp3) is 0.250.